The highest BCUT2D eigenvalue weighted by Gasteiger charge is 2.17. The van der Waals surface area contributed by atoms with E-state index in [1.807, 2.05) is 40.5 Å². The molecule has 0 saturated heterocycles. The van der Waals surface area contributed by atoms with Crippen LogP contribution in [0.2, 0.25) is 0 Å². The standard InChI is InChI=1S/C19H17N3O4S2/c1-13(23)15-8-5-9-16(10-15)28(25,26)22-21-18(24)11-19-20-17(12-27-19)14-6-3-2-4-7-14/h2-10,12,22H,11H2,1H3,(H,21,24). The molecule has 1 amide bonds. The molecule has 1 aromatic heterocycles. The van der Waals surface area contributed by atoms with Crippen LogP contribution in [0.25, 0.3) is 11.3 Å². The molecule has 0 radical (unpaired) electrons. The number of ketones is 1. The zero-order valence-electron chi connectivity index (χ0n) is 14.9. The molecule has 2 N–H and O–H groups in total. The normalized spacial score (nSPS) is 11.2. The first-order valence-corrected chi connectivity index (χ1v) is 10.6. The second-order valence-electron chi connectivity index (χ2n) is 5.91. The van der Waals surface area contributed by atoms with E-state index < -0.39 is 15.9 Å². The maximum absolute atomic E-state index is 12.3. The molecule has 2 aromatic carbocycles. The highest BCUT2D eigenvalue weighted by atomic mass is 32.2. The van der Waals surface area contributed by atoms with Crippen molar-refractivity contribution in [3.05, 3.63) is 70.5 Å². The van der Waals surface area contributed by atoms with Crippen LogP contribution >= 0.6 is 11.3 Å². The molecule has 9 heteroatoms. The smallest absolute Gasteiger partial charge is 0.257 e. The van der Waals surface area contributed by atoms with Crippen molar-refractivity contribution in [1.82, 2.24) is 15.2 Å². The lowest BCUT2D eigenvalue weighted by Gasteiger charge is -2.08. The molecular formula is C19H17N3O4S2. The second-order valence-corrected chi connectivity index (χ2v) is 8.53. The average Bonchev–Trinajstić information content (AvgIpc) is 3.16. The summed E-state index contributed by atoms with van der Waals surface area (Å²) in [4.78, 5) is 29.8. The van der Waals surface area contributed by atoms with E-state index in [0.717, 1.165) is 11.3 Å². The lowest BCUT2D eigenvalue weighted by Crippen LogP contribution is -2.42. The third kappa shape index (κ3) is 4.89. The van der Waals surface area contributed by atoms with Crippen molar-refractivity contribution >= 4 is 33.1 Å². The number of carbonyl (C=O) groups is 2. The number of thiazole rings is 1. The highest BCUT2D eigenvalue weighted by molar-refractivity contribution is 7.89. The molecule has 3 aromatic rings. The third-order valence-corrected chi connectivity index (χ3v) is 5.90. The van der Waals surface area contributed by atoms with Crippen LogP contribution in [0, 0.1) is 0 Å². The van der Waals surface area contributed by atoms with Crippen molar-refractivity contribution in [1.29, 1.82) is 0 Å². The van der Waals surface area contributed by atoms with Crippen LogP contribution in [0.15, 0.2) is 64.9 Å². The summed E-state index contributed by atoms with van der Waals surface area (Å²) in [6, 6.07) is 15.1. The summed E-state index contributed by atoms with van der Waals surface area (Å²) in [5, 5.41) is 2.41. The van der Waals surface area contributed by atoms with E-state index in [1.165, 1.54) is 42.5 Å². The molecule has 0 aliphatic rings. The monoisotopic (exact) mass is 415 g/mol. The van der Waals surface area contributed by atoms with E-state index >= 15 is 0 Å². The summed E-state index contributed by atoms with van der Waals surface area (Å²) in [7, 11) is -3.99. The van der Waals surface area contributed by atoms with Crippen LogP contribution in [-0.4, -0.2) is 25.1 Å². The lowest BCUT2D eigenvalue weighted by atomic mass is 10.2. The fraction of sp³-hybridized carbons (Fsp3) is 0.105. The number of benzene rings is 2. The minimum absolute atomic E-state index is 0.0620. The van der Waals surface area contributed by atoms with Crippen molar-refractivity contribution < 1.29 is 18.0 Å². The van der Waals surface area contributed by atoms with Crippen LogP contribution in [0.1, 0.15) is 22.3 Å². The topological polar surface area (TPSA) is 105 Å². The Hall–Kier alpha value is -2.88. The van der Waals surface area contributed by atoms with E-state index in [-0.39, 0.29) is 22.7 Å². The number of hydrazine groups is 1. The van der Waals surface area contributed by atoms with Crippen molar-refractivity contribution in [3.63, 3.8) is 0 Å². The number of amides is 1. The Morgan fingerprint density at radius 3 is 2.54 bits per heavy atom. The van der Waals surface area contributed by atoms with E-state index in [2.05, 4.69) is 10.4 Å². The number of Topliss-reactive ketones (excluding diaryl/α,β-unsaturated/α-hetero) is 1. The molecule has 0 aliphatic carbocycles. The maximum Gasteiger partial charge on any atom is 0.257 e. The Balaban J connectivity index is 1.62. The number of sulfonamides is 1. The summed E-state index contributed by atoms with van der Waals surface area (Å²) >= 11 is 1.32. The molecule has 1 heterocycles. The number of aromatic nitrogens is 1. The summed E-state index contributed by atoms with van der Waals surface area (Å²) in [6.07, 6.45) is -0.0620. The summed E-state index contributed by atoms with van der Waals surface area (Å²) in [5.41, 5.74) is 4.14. The fourth-order valence-electron chi connectivity index (χ4n) is 2.38. The zero-order chi connectivity index (χ0) is 20.1. The van der Waals surface area contributed by atoms with Gasteiger partial charge in [-0.1, -0.05) is 42.5 Å². The van der Waals surface area contributed by atoms with E-state index in [1.54, 1.807) is 0 Å². The second kappa shape index (κ2) is 8.42. The molecule has 0 saturated carbocycles. The predicted molar refractivity (Wildman–Crippen MR) is 106 cm³/mol. The molecule has 0 aliphatic heterocycles. The zero-order valence-corrected chi connectivity index (χ0v) is 16.5. The largest absolute Gasteiger partial charge is 0.295 e. The molecular weight excluding hydrogens is 398 g/mol. The van der Waals surface area contributed by atoms with E-state index in [0.29, 0.717) is 5.01 Å². The first kappa shape index (κ1) is 19.9. The van der Waals surface area contributed by atoms with Crippen LogP contribution in [-0.2, 0) is 21.2 Å². The van der Waals surface area contributed by atoms with Gasteiger partial charge in [0.05, 0.1) is 17.0 Å². The molecule has 0 bridgehead atoms. The van der Waals surface area contributed by atoms with Crippen LogP contribution in [0.4, 0.5) is 0 Å². The van der Waals surface area contributed by atoms with Crippen molar-refractivity contribution in [3.8, 4) is 11.3 Å². The summed E-state index contributed by atoms with van der Waals surface area (Å²) in [6.45, 7) is 1.35. The molecule has 0 spiro atoms. The van der Waals surface area contributed by atoms with Gasteiger partial charge in [-0.25, -0.2) is 13.4 Å². The van der Waals surface area contributed by atoms with Gasteiger partial charge in [0.2, 0.25) is 5.91 Å². The number of hydrogen-bond donors (Lipinski definition) is 2. The first-order valence-electron chi connectivity index (χ1n) is 8.26. The first-order chi connectivity index (χ1) is 13.3. The van der Waals surface area contributed by atoms with Gasteiger partial charge >= 0.3 is 0 Å². The van der Waals surface area contributed by atoms with Crippen LogP contribution in [0.5, 0.6) is 0 Å². The Morgan fingerprint density at radius 1 is 1.07 bits per heavy atom. The summed E-state index contributed by atoms with van der Waals surface area (Å²) in [5.74, 6) is -0.792. The Morgan fingerprint density at radius 2 is 1.82 bits per heavy atom. The molecule has 7 nitrogen and oxygen atoms in total. The molecule has 0 fully saturated rings. The number of carbonyl (C=O) groups excluding carboxylic acids is 2. The van der Waals surface area contributed by atoms with Gasteiger partial charge in [-0.3, -0.25) is 15.0 Å². The third-order valence-electron chi connectivity index (χ3n) is 3.81. The number of rotatable bonds is 7. The molecule has 0 atom stereocenters. The van der Waals surface area contributed by atoms with Gasteiger partial charge in [0.25, 0.3) is 10.0 Å². The van der Waals surface area contributed by atoms with Gasteiger partial charge in [0, 0.05) is 16.5 Å². The van der Waals surface area contributed by atoms with E-state index in [4.69, 9.17) is 0 Å². The van der Waals surface area contributed by atoms with Gasteiger partial charge in [0.1, 0.15) is 5.01 Å². The Labute approximate surface area is 166 Å². The Kier molecular flexibility index (Phi) is 5.98. The van der Waals surface area contributed by atoms with Gasteiger partial charge in [0.15, 0.2) is 5.78 Å². The van der Waals surface area contributed by atoms with Gasteiger partial charge in [-0.2, -0.15) is 0 Å². The van der Waals surface area contributed by atoms with Gasteiger partial charge < -0.3 is 0 Å². The Bertz CT molecular complexity index is 1110. The van der Waals surface area contributed by atoms with E-state index in [9.17, 15) is 18.0 Å². The van der Waals surface area contributed by atoms with Crippen molar-refractivity contribution in [2.45, 2.75) is 18.2 Å². The van der Waals surface area contributed by atoms with Gasteiger partial charge in [-0.15, -0.1) is 16.2 Å². The van der Waals surface area contributed by atoms with Crippen molar-refractivity contribution in [2.75, 3.05) is 0 Å². The number of hydrogen-bond acceptors (Lipinski definition) is 6. The number of nitrogens with zero attached hydrogens (tertiary/aromatic N) is 1. The SMILES string of the molecule is CC(=O)c1cccc(S(=O)(=O)NNC(=O)Cc2nc(-c3ccccc3)cs2)c1. The van der Waals surface area contributed by atoms with Crippen molar-refractivity contribution in [2.24, 2.45) is 0 Å². The fourth-order valence-corrected chi connectivity index (χ4v) is 4.09. The summed E-state index contributed by atoms with van der Waals surface area (Å²) < 4.78 is 24.6. The quantitative estimate of drug-likeness (QED) is 0.456. The minimum Gasteiger partial charge on any atom is -0.295 e. The average molecular weight is 415 g/mol. The van der Waals surface area contributed by atoms with Crippen LogP contribution in [0.3, 0.4) is 0 Å². The van der Waals surface area contributed by atoms with Gasteiger partial charge in [-0.05, 0) is 19.1 Å². The number of nitrogens with one attached hydrogen (secondary N) is 2. The molecule has 28 heavy (non-hydrogen) atoms. The highest BCUT2D eigenvalue weighted by Crippen LogP contribution is 2.21. The predicted octanol–water partition coefficient (Wildman–Crippen LogP) is 2.56. The molecule has 144 valence electrons. The maximum atomic E-state index is 12.3. The molecule has 0 unspecified atom stereocenters. The van der Waals surface area contributed by atoms with Crippen LogP contribution < -0.4 is 10.3 Å². The molecule has 3 rings (SSSR count). The lowest BCUT2D eigenvalue weighted by molar-refractivity contribution is -0.120. The minimum atomic E-state index is -3.99.